The van der Waals surface area contributed by atoms with Crippen LogP contribution in [-0.4, -0.2) is 128 Å². The van der Waals surface area contributed by atoms with Crippen molar-refractivity contribution in [1.29, 1.82) is 0 Å². The maximum atomic E-state index is 14.4. The van der Waals surface area contributed by atoms with Crippen molar-refractivity contribution < 1.29 is 43.8 Å². The van der Waals surface area contributed by atoms with Crippen LogP contribution in [0, 0.1) is 5.92 Å². The zero-order valence-corrected chi connectivity index (χ0v) is 36.9. The van der Waals surface area contributed by atoms with E-state index in [0.717, 1.165) is 0 Å². The van der Waals surface area contributed by atoms with E-state index in [2.05, 4.69) is 41.5 Å². The average molecular weight is 903 g/mol. The number of carbonyl (C=O) groups is 7. The standard InChI is InChI=1S/C44H62N12O9/c1-4-25(2)36(55-39(60)32(20-28-14-16-30(57)17-15-28)52-37(58)26(3)51-38(59)31(45)12-8-18-49-44(46)47)41(62)53-33(22-29-23-48-24-50-29)42(63)56-19-9-13-35(56)40(61)54-34(43(64)65)21-27-10-6-5-7-11-27/h5-7,10-11,14-17,23-26,31-36,57H,4,8-9,12-13,18-22,45H2,1-3H3,(H,48,50)(H,51,59)(H,52,58)(H,53,62)(H,54,61)(H,55,60)(H,64,65)(H4,46,47,49)/t25-,26-,31-,32-,33-,34-,35-,36-/m0/s1. The number of carboxylic acids is 1. The molecule has 0 unspecified atom stereocenters. The highest BCUT2D eigenvalue weighted by Gasteiger charge is 2.40. The predicted molar refractivity (Wildman–Crippen MR) is 239 cm³/mol. The molecule has 65 heavy (non-hydrogen) atoms. The lowest BCUT2D eigenvalue weighted by Gasteiger charge is -2.31. The Hall–Kier alpha value is -7.03. The van der Waals surface area contributed by atoms with Crippen molar-refractivity contribution in [3.63, 3.8) is 0 Å². The van der Waals surface area contributed by atoms with Crippen molar-refractivity contribution in [2.24, 2.45) is 28.1 Å². The minimum absolute atomic E-state index is 0.0223. The van der Waals surface area contributed by atoms with E-state index in [4.69, 9.17) is 17.2 Å². The van der Waals surface area contributed by atoms with Crippen LogP contribution < -0.4 is 43.8 Å². The van der Waals surface area contributed by atoms with Gasteiger partial charge in [-0.15, -0.1) is 0 Å². The van der Waals surface area contributed by atoms with Gasteiger partial charge in [-0.1, -0.05) is 62.7 Å². The number of imidazole rings is 1. The lowest BCUT2D eigenvalue weighted by atomic mass is 9.96. The van der Waals surface area contributed by atoms with Crippen LogP contribution in [-0.2, 0) is 52.8 Å². The van der Waals surface area contributed by atoms with E-state index in [0.29, 0.717) is 36.1 Å². The Balaban J connectivity index is 1.52. The number of nitrogens with one attached hydrogen (secondary N) is 6. The number of rotatable bonds is 24. The largest absolute Gasteiger partial charge is 0.508 e. The number of aliphatic carboxylic acids is 1. The molecule has 21 nitrogen and oxygen atoms in total. The van der Waals surface area contributed by atoms with Gasteiger partial charge in [0.05, 0.1) is 12.4 Å². The molecule has 2 aromatic carbocycles. The van der Waals surface area contributed by atoms with E-state index in [9.17, 15) is 43.8 Å². The summed E-state index contributed by atoms with van der Waals surface area (Å²) >= 11 is 0. The van der Waals surface area contributed by atoms with Gasteiger partial charge in [0.15, 0.2) is 5.96 Å². The van der Waals surface area contributed by atoms with Gasteiger partial charge in [0.2, 0.25) is 35.4 Å². The highest BCUT2D eigenvalue weighted by atomic mass is 16.4. The number of amides is 6. The van der Waals surface area contributed by atoms with Gasteiger partial charge >= 0.3 is 5.97 Å². The number of aromatic nitrogens is 2. The molecule has 1 aliphatic rings. The molecular formula is C44H62N12O9. The normalized spacial score (nSPS) is 16.6. The van der Waals surface area contributed by atoms with E-state index in [1.165, 1.54) is 36.5 Å². The van der Waals surface area contributed by atoms with Crippen LogP contribution in [0.3, 0.4) is 0 Å². The van der Waals surface area contributed by atoms with Crippen molar-refractivity contribution in [1.82, 2.24) is 41.5 Å². The molecule has 1 aromatic heterocycles. The number of carbonyl (C=O) groups excluding carboxylic acids is 6. The maximum absolute atomic E-state index is 14.4. The number of likely N-dealkylation sites (tertiary alicyclic amines) is 1. The van der Waals surface area contributed by atoms with Crippen LogP contribution in [0.5, 0.6) is 5.75 Å². The van der Waals surface area contributed by atoms with Crippen LogP contribution >= 0.6 is 0 Å². The number of H-pyrrole nitrogens is 1. The summed E-state index contributed by atoms with van der Waals surface area (Å²) in [6.07, 6.45) is 4.52. The van der Waals surface area contributed by atoms with Gasteiger partial charge in [0.1, 0.15) is 42.0 Å². The summed E-state index contributed by atoms with van der Waals surface area (Å²) in [5.41, 5.74) is 18.4. The van der Waals surface area contributed by atoms with Crippen LogP contribution in [0.4, 0.5) is 0 Å². The third-order valence-electron chi connectivity index (χ3n) is 11.2. The summed E-state index contributed by atoms with van der Waals surface area (Å²) in [7, 11) is 0. The fourth-order valence-corrected chi connectivity index (χ4v) is 7.26. The minimum Gasteiger partial charge on any atom is -0.508 e. The monoisotopic (exact) mass is 902 g/mol. The summed E-state index contributed by atoms with van der Waals surface area (Å²) in [6, 6.07) is 6.61. The fourth-order valence-electron chi connectivity index (χ4n) is 7.26. The molecule has 1 aliphatic heterocycles. The molecule has 2 heterocycles. The zero-order valence-electron chi connectivity index (χ0n) is 36.9. The number of guanidine groups is 1. The lowest BCUT2D eigenvalue weighted by molar-refractivity contribution is -0.145. The fraction of sp³-hybridized carbons (Fsp3) is 0.477. The highest BCUT2D eigenvalue weighted by Crippen LogP contribution is 2.21. The van der Waals surface area contributed by atoms with E-state index in [-0.39, 0.29) is 56.9 Å². The molecule has 352 valence electrons. The second kappa shape index (κ2) is 24.7. The second-order valence-electron chi connectivity index (χ2n) is 16.2. The van der Waals surface area contributed by atoms with Gasteiger partial charge in [-0.05, 0) is 61.8 Å². The molecule has 6 amide bonds. The number of aliphatic imine (C=N–C) groups is 1. The van der Waals surface area contributed by atoms with Gasteiger partial charge in [0.25, 0.3) is 0 Å². The van der Waals surface area contributed by atoms with Gasteiger partial charge in [0, 0.05) is 44.2 Å². The van der Waals surface area contributed by atoms with Crippen LogP contribution in [0.1, 0.15) is 69.7 Å². The number of aromatic amines is 1. The summed E-state index contributed by atoms with van der Waals surface area (Å²) in [6.45, 7) is 5.39. The lowest BCUT2D eigenvalue weighted by Crippen LogP contribution is -2.61. The average Bonchev–Trinajstić information content (AvgIpc) is 4.00. The molecular weight excluding hydrogens is 841 g/mol. The van der Waals surface area contributed by atoms with Gasteiger partial charge in [-0.2, -0.15) is 0 Å². The first kappa shape index (κ1) is 50.6. The number of nitrogens with zero attached hydrogens (tertiary/aromatic N) is 3. The molecule has 0 spiro atoms. The minimum atomic E-state index is -1.29. The number of aromatic hydroxyl groups is 1. The smallest absolute Gasteiger partial charge is 0.326 e. The first-order valence-corrected chi connectivity index (χ1v) is 21.6. The first-order valence-electron chi connectivity index (χ1n) is 21.6. The van der Waals surface area contributed by atoms with Crippen molar-refractivity contribution in [2.45, 2.75) is 114 Å². The molecule has 8 atom stereocenters. The molecule has 21 heteroatoms. The summed E-state index contributed by atoms with van der Waals surface area (Å²) in [5.74, 6) is -5.90. The van der Waals surface area contributed by atoms with Gasteiger partial charge in [-0.25, -0.2) is 9.78 Å². The third-order valence-corrected chi connectivity index (χ3v) is 11.2. The van der Waals surface area contributed by atoms with E-state index >= 15 is 0 Å². The van der Waals surface area contributed by atoms with Crippen LogP contribution in [0.15, 0.2) is 72.1 Å². The molecule has 1 saturated heterocycles. The molecule has 0 bridgehead atoms. The zero-order chi connectivity index (χ0) is 47.6. The second-order valence-corrected chi connectivity index (χ2v) is 16.2. The van der Waals surface area contributed by atoms with Crippen molar-refractivity contribution in [3.05, 3.63) is 83.9 Å². The molecule has 3 aromatic rings. The van der Waals surface area contributed by atoms with Gasteiger partial charge < -0.3 is 63.9 Å². The number of benzene rings is 2. The first-order chi connectivity index (χ1) is 31.0. The number of nitrogens with two attached hydrogens (primary N) is 3. The summed E-state index contributed by atoms with van der Waals surface area (Å²) < 4.78 is 0. The van der Waals surface area contributed by atoms with Crippen molar-refractivity contribution >= 4 is 47.4 Å². The maximum Gasteiger partial charge on any atom is 0.326 e. The molecule has 14 N–H and O–H groups in total. The van der Waals surface area contributed by atoms with Crippen LogP contribution in [0.2, 0.25) is 0 Å². The quantitative estimate of drug-likeness (QED) is 0.0295. The van der Waals surface area contributed by atoms with Crippen molar-refractivity contribution in [2.75, 3.05) is 13.1 Å². The van der Waals surface area contributed by atoms with E-state index in [1.54, 1.807) is 49.4 Å². The molecule has 0 radical (unpaired) electrons. The highest BCUT2D eigenvalue weighted by molar-refractivity contribution is 5.97. The molecule has 0 saturated carbocycles. The number of phenols is 1. The Bertz CT molecular complexity index is 2100. The topological polar surface area (TPSA) is 342 Å². The Morgan fingerprint density at radius 2 is 1.49 bits per heavy atom. The summed E-state index contributed by atoms with van der Waals surface area (Å²) in [5, 5.41) is 33.2. The van der Waals surface area contributed by atoms with Gasteiger partial charge in [-0.3, -0.25) is 33.8 Å². The number of carboxylic acid groups (broad SMARTS) is 1. The SMILES string of the molecule is CC[C@H](C)[C@H](NC(=O)[C@H](Cc1ccc(O)cc1)NC(=O)[C@H](C)NC(=O)[C@@H](N)CCCN=C(N)N)C(=O)N[C@@H](Cc1cnc[nH]1)C(=O)N1CCC[C@H]1C(=O)N[C@@H](Cc1ccccc1)C(=O)O. The third kappa shape index (κ3) is 15.6. The number of hydrogen-bond donors (Lipinski definition) is 11. The van der Waals surface area contributed by atoms with Crippen LogP contribution in [0.25, 0.3) is 0 Å². The Morgan fingerprint density at radius 1 is 0.831 bits per heavy atom. The molecule has 0 aliphatic carbocycles. The number of phenolic OH excluding ortho intramolecular Hbond substituents is 1. The Kier molecular flexibility index (Phi) is 19.2. The van der Waals surface area contributed by atoms with E-state index in [1.807, 2.05) is 6.92 Å². The molecule has 4 rings (SSSR count). The van der Waals surface area contributed by atoms with Crippen molar-refractivity contribution in [3.8, 4) is 5.75 Å². The Morgan fingerprint density at radius 3 is 2.12 bits per heavy atom. The van der Waals surface area contributed by atoms with E-state index < -0.39 is 89.6 Å². The Labute approximate surface area is 377 Å². The summed E-state index contributed by atoms with van der Waals surface area (Å²) in [4.78, 5) is 107. The predicted octanol–water partition coefficient (Wildman–Crippen LogP) is -0.910. The molecule has 1 fully saturated rings. The number of hydrogen-bond acceptors (Lipinski definition) is 11.